The van der Waals surface area contributed by atoms with Crippen LogP contribution in [0, 0.1) is 0 Å². The number of nitrogens with zero attached hydrogens (tertiary/aromatic N) is 1. The van der Waals surface area contributed by atoms with Gasteiger partial charge in [-0.1, -0.05) is 30.3 Å². The van der Waals surface area contributed by atoms with Crippen molar-refractivity contribution >= 4 is 43.9 Å². The fraction of sp³-hybridized carbons (Fsp3) is 0.176. The highest BCUT2D eigenvalue weighted by Crippen LogP contribution is 2.44. The summed E-state index contributed by atoms with van der Waals surface area (Å²) in [6.45, 7) is -0.383. The fourth-order valence-electron chi connectivity index (χ4n) is 2.77. The van der Waals surface area contributed by atoms with Crippen molar-refractivity contribution < 1.29 is 26.3 Å². The van der Waals surface area contributed by atoms with Crippen molar-refractivity contribution in [2.75, 3.05) is 18.0 Å². The maximum absolute atomic E-state index is 13.1. The van der Waals surface area contributed by atoms with E-state index in [1.165, 1.54) is 19.2 Å². The maximum Gasteiger partial charge on any atom is 0.516 e. The van der Waals surface area contributed by atoms with Crippen LogP contribution >= 0.6 is 22.6 Å². The molecule has 0 atom stereocenters. The summed E-state index contributed by atoms with van der Waals surface area (Å²) < 4.78 is 69.4. The normalized spacial score (nSPS) is 15.0. The van der Waals surface area contributed by atoms with Gasteiger partial charge in [-0.15, -0.1) is 0 Å². The largest absolute Gasteiger partial charge is 0.516 e. The van der Waals surface area contributed by atoms with Crippen LogP contribution in [0.2, 0.25) is 0 Å². The van der Waals surface area contributed by atoms with E-state index in [0.29, 0.717) is 24.8 Å². The lowest BCUT2D eigenvalue weighted by Gasteiger charge is -2.32. The quantitative estimate of drug-likeness (QED) is 0.587. The molecule has 0 amide bonds. The predicted octanol–water partition coefficient (Wildman–Crippen LogP) is 4.56. The van der Waals surface area contributed by atoms with Crippen molar-refractivity contribution in [3.05, 3.63) is 63.2 Å². The molecule has 1 aliphatic rings. The minimum atomic E-state index is -5.49. The predicted molar refractivity (Wildman–Crippen MR) is 102 cm³/mol. The van der Waals surface area contributed by atoms with Crippen molar-refractivity contribution in [3.8, 4) is 5.75 Å². The molecule has 3 rings (SSSR count). The first-order valence-electron chi connectivity index (χ1n) is 7.38. The van der Waals surface area contributed by atoms with Crippen LogP contribution in [0.25, 0.3) is 5.57 Å². The lowest BCUT2D eigenvalue weighted by Crippen LogP contribution is -2.43. The van der Waals surface area contributed by atoms with Crippen molar-refractivity contribution in [3.63, 3.8) is 0 Å². The summed E-state index contributed by atoms with van der Waals surface area (Å²) in [4.78, 5) is 0. The molecule has 0 fully saturated rings. The second kappa shape index (κ2) is 6.76. The summed E-state index contributed by atoms with van der Waals surface area (Å²) in [7, 11) is -3.98. The molecule has 0 radical (unpaired) electrons. The number of methoxy groups -OCH3 is 1. The lowest BCUT2D eigenvalue weighted by molar-refractivity contribution is -0.0437. The first kappa shape index (κ1) is 19.0. The Morgan fingerprint density at radius 3 is 2.46 bits per heavy atom. The number of rotatable bonds is 3. The summed E-state index contributed by atoms with van der Waals surface area (Å²) >= 11 is 1.89. The molecule has 0 unspecified atom stereocenters. The minimum Gasteiger partial charge on any atom is -0.497 e. The second-order valence-electron chi connectivity index (χ2n) is 5.49. The number of sulfonamides is 1. The summed E-state index contributed by atoms with van der Waals surface area (Å²) in [6.07, 6.45) is 0. The number of halogens is 4. The number of ether oxygens (including phenoxy) is 1. The van der Waals surface area contributed by atoms with Gasteiger partial charge in [0.25, 0.3) is 0 Å². The van der Waals surface area contributed by atoms with Crippen LogP contribution in [0.4, 0.5) is 18.9 Å². The number of hydrogen-bond acceptors (Lipinski definition) is 3. The van der Waals surface area contributed by atoms with Gasteiger partial charge < -0.3 is 4.74 Å². The number of fused-ring (bicyclic) bond motifs is 1. The summed E-state index contributed by atoms with van der Waals surface area (Å²) in [5.41, 5.74) is -3.52. The molecule has 0 saturated carbocycles. The smallest absolute Gasteiger partial charge is 0.497 e. The van der Waals surface area contributed by atoms with E-state index >= 15 is 0 Å². The van der Waals surface area contributed by atoms with Gasteiger partial charge in [-0.25, -0.2) is 0 Å². The molecule has 4 nitrogen and oxygen atoms in total. The van der Waals surface area contributed by atoms with E-state index < -0.39 is 15.5 Å². The molecule has 9 heteroatoms. The average molecular weight is 495 g/mol. The van der Waals surface area contributed by atoms with E-state index in [1.807, 2.05) is 22.6 Å². The highest BCUT2D eigenvalue weighted by molar-refractivity contribution is 14.1. The van der Waals surface area contributed by atoms with E-state index in [2.05, 4.69) is 0 Å². The van der Waals surface area contributed by atoms with Gasteiger partial charge in [0.15, 0.2) is 0 Å². The molecule has 0 N–H and O–H groups in total. The average Bonchev–Trinajstić information content (AvgIpc) is 2.60. The maximum atomic E-state index is 13.1. The van der Waals surface area contributed by atoms with Crippen LogP contribution in [-0.2, 0) is 10.0 Å². The topological polar surface area (TPSA) is 46.6 Å². The molecular weight excluding hydrogens is 482 g/mol. The molecule has 0 aromatic heterocycles. The van der Waals surface area contributed by atoms with Gasteiger partial charge in [-0.3, -0.25) is 4.31 Å². The molecule has 0 saturated heterocycles. The standard InChI is InChI=1S/C17H13F3INO3S/c1-25-12-6-4-5-11(9-12)16-13-7-2-3-8-15(13)22(10-14(16)21)26(23,24)17(18,19)20/h2-9H,10H2,1H3. The van der Waals surface area contributed by atoms with Gasteiger partial charge in [0, 0.05) is 14.7 Å². The first-order valence-corrected chi connectivity index (χ1v) is 9.90. The molecule has 2 aromatic carbocycles. The van der Waals surface area contributed by atoms with Crippen LogP contribution < -0.4 is 9.04 Å². The molecule has 1 aliphatic heterocycles. The Hall–Kier alpha value is -1.75. The second-order valence-corrected chi connectivity index (χ2v) is 8.64. The Kier molecular flexibility index (Phi) is 4.95. The zero-order valence-corrected chi connectivity index (χ0v) is 16.4. The molecule has 1 heterocycles. The van der Waals surface area contributed by atoms with Crippen LogP contribution in [0.15, 0.2) is 52.1 Å². The van der Waals surface area contributed by atoms with Gasteiger partial charge in [-0.05, 0) is 46.4 Å². The third kappa shape index (κ3) is 3.18. The Morgan fingerprint density at radius 2 is 1.81 bits per heavy atom. The SMILES string of the molecule is COc1cccc(C2=C(I)CN(S(=O)(=O)C(F)(F)F)c3ccccc32)c1. The molecule has 138 valence electrons. The monoisotopic (exact) mass is 495 g/mol. The molecule has 0 aliphatic carbocycles. The number of anilines is 1. The minimum absolute atomic E-state index is 0.00283. The van der Waals surface area contributed by atoms with Crippen molar-refractivity contribution in [2.45, 2.75) is 5.51 Å². The van der Waals surface area contributed by atoms with Crippen LogP contribution in [-0.4, -0.2) is 27.6 Å². The highest BCUT2D eigenvalue weighted by Gasteiger charge is 2.51. The van der Waals surface area contributed by atoms with Gasteiger partial charge in [0.2, 0.25) is 0 Å². The fourth-order valence-corrected chi connectivity index (χ4v) is 4.91. The Labute approximate surface area is 162 Å². The van der Waals surface area contributed by atoms with E-state index in [1.54, 1.807) is 36.4 Å². The third-order valence-electron chi connectivity index (χ3n) is 3.94. The zero-order chi connectivity index (χ0) is 19.1. The van der Waals surface area contributed by atoms with E-state index in [9.17, 15) is 21.6 Å². The van der Waals surface area contributed by atoms with Crippen LogP contribution in [0.3, 0.4) is 0 Å². The summed E-state index contributed by atoms with van der Waals surface area (Å²) in [5, 5.41) is 0. The van der Waals surface area contributed by atoms with Gasteiger partial charge >= 0.3 is 15.5 Å². The van der Waals surface area contributed by atoms with Crippen molar-refractivity contribution in [2.24, 2.45) is 0 Å². The van der Waals surface area contributed by atoms with Gasteiger partial charge in [-0.2, -0.15) is 21.6 Å². The van der Waals surface area contributed by atoms with Crippen molar-refractivity contribution in [1.82, 2.24) is 0 Å². The van der Waals surface area contributed by atoms with Crippen LogP contribution in [0.1, 0.15) is 11.1 Å². The number of para-hydroxylation sites is 1. The third-order valence-corrected chi connectivity index (χ3v) is 6.31. The zero-order valence-electron chi connectivity index (χ0n) is 13.4. The Morgan fingerprint density at radius 1 is 1.12 bits per heavy atom. The van der Waals surface area contributed by atoms with Crippen LogP contribution in [0.5, 0.6) is 5.75 Å². The lowest BCUT2D eigenvalue weighted by atomic mass is 9.94. The summed E-state index contributed by atoms with van der Waals surface area (Å²) in [6, 6.07) is 13.3. The van der Waals surface area contributed by atoms with Gasteiger partial charge in [0.05, 0.1) is 19.3 Å². The summed E-state index contributed by atoms with van der Waals surface area (Å²) in [5.74, 6) is 0.599. The molecule has 0 bridgehead atoms. The number of benzene rings is 2. The molecule has 26 heavy (non-hydrogen) atoms. The molecule has 2 aromatic rings. The molecular formula is C17H13F3INO3S. The Balaban J connectivity index is 2.21. The highest BCUT2D eigenvalue weighted by atomic mass is 127. The number of alkyl halides is 3. The van der Waals surface area contributed by atoms with E-state index in [4.69, 9.17) is 4.74 Å². The first-order chi connectivity index (χ1) is 12.2. The van der Waals surface area contributed by atoms with Gasteiger partial charge in [0.1, 0.15) is 5.75 Å². The Bertz CT molecular complexity index is 987. The molecule has 0 spiro atoms. The number of hydrogen-bond donors (Lipinski definition) is 0. The van der Waals surface area contributed by atoms with Crippen molar-refractivity contribution in [1.29, 1.82) is 0 Å². The van der Waals surface area contributed by atoms with E-state index in [0.717, 1.165) is 5.56 Å². The van der Waals surface area contributed by atoms with E-state index in [-0.39, 0.29) is 12.2 Å².